The zero-order chi connectivity index (χ0) is 18.0. The highest BCUT2D eigenvalue weighted by molar-refractivity contribution is 5.82. The first-order valence-electron chi connectivity index (χ1n) is 8.84. The van der Waals surface area contributed by atoms with Gasteiger partial charge >= 0.3 is 6.03 Å². The SMILES string of the molecule is Cc1c(C(C)NC(=O)NC2CCC(CO)CC2)oc2ccc(F)cc12. The molecule has 2 aromatic rings. The van der Waals surface area contributed by atoms with Crippen LogP contribution >= 0.6 is 0 Å². The number of benzene rings is 1. The van der Waals surface area contributed by atoms with Crippen LogP contribution in [0.5, 0.6) is 0 Å². The molecule has 1 aliphatic rings. The Hall–Kier alpha value is -2.08. The van der Waals surface area contributed by atoms with E-state index in [-0.39, 0.29) is 30.5 Å². The number of carbonyl (C=O) groups excluding carboxylic acids is 1. The van der Waals surface area contributed by atoms with Crippen molar-refractivity contribution >= 4 is 17.0 Å². The fraction of sp³-hybridized carbons (Fsp3) is 0.526. The molecule has 0 saturated heterocycles. The van der Waals surface area contributed by atoms with Crippen molar-refractivity contribution < 1.29 is 18.7 Å². The van der Waals surface area contributed by atoms with Gasteiger partial charge in [0.25, 0.3) is 0 Å². The number of rotatable bonds is 4. The number of furan rings is 1. The van der Waals surface area contributed by atoms with Crippen molar-refractivity contribution in [1.82, 2.24) is 10.6 Å². The lowest BCUT2D eigenvalue weighted by Gasteiger charge is -2.28. The van der Waals surface area contributed by atoms with Crippen LogP contribution in [0.1, 0.15) is 50.0 Å². The molecule has 0 radical (unpaired) electrons. The average molecular weight is 348 g/mol. The second-order valence-electron chi connectivity index (χ2n) is 6.97. The number of aliphatic hydroxyl groups is 1. The van der Waals surface area contributed by atoms with Crippen LogP contribution in [0.25, 0.3) is 11.0 Å². The summed E-state index contributed by atoms with van der Waals surface area (Å²) < 4.78 is 19.2. The Balaban J connectivity index is 1.61. The number of hydrogen-bond donors (Lipinski definition) is 3. The van der Waals surface area contributed by atoms with Gasteiger partial charge in [0.05, 0.1) is 6.04 Å². The second-order valence-corrected chi connectivity index (χ2v) is 6.97. The van der Waals surface area contributed by atoms with E-state index in [4.69, 9.17) is 4.42 Å². The van der Waals surface area contributed by atoms with E-state index >= 15 is 0 Å². The Morgan fingerprint density at radius 2 is 2.08 bits per heavy atom. The number of aliphatic hydroxyl groups excluding tert-OH is 1. The lowest BCUT2D eigenvalue weighted by molar-refractivity contribution is 0.174. The topological polar surface area (TPSA) is 74.5 Å². The first kappa shape index (κ1) is 17.7. The minimum absolute atomic E-state index is 0.140. The van der Waals surface area contributed by atoms with Gasteiger partial charge in [-0.2, -0.15) is 0 Å². The third-order valence-electron chi connectivity index (χ3n) is 5.12. The predicted octanol–water partition coefficient (Wildman–Crippen LogP) is 3.79. The fourth-order valence-corrected chi connectivity index (χ4v) is 3.60. The molecule has 1 aromatic carbocycles. The molecule has 3 N–H and O–H groups in total. The largest absolute Gasteiger partial charge is 0.459 e. The monoisotopic (exact) mass is 348 g/mol. The maximum absolute atomic E-state index is 13.4. The molecule has 1 fully saturated rings. The lowest BCUT2D eigenvalue weighted by atomic mass is 9.87. The summed E-state index contributed by atoms with van der Waals surface area (Å²) >= 11 is 0. The van der Waals surface area contributed by atoms with Gasteiger partial charge in [-0.1, -0.05) is 0 Å². The van der Waals surface area contributed by atoms with E-state index in [1.807, 2.05) is 13.8 Å². The Bertz CT molecular complexity index is 750. The minimum atomic E-state index is -0.316. The first-order chi connectivity index (χ1) is 12.0. The molecule has 1 unspecified atom stereocenters. The van der Waals surface area contributed by atoms with Crippen LogP contribution < -0.4 is 10.6 Å². The van der Waals surface area contributed by atoms with E-state index in [1.54, 1.807) is 6.07 Å². The van der Waals surface area contributed by atoms with Crippen molar-refractivity contribution in [3.8, 4) is 0 Å². The highest BCUT2D eigenvalue weighted by atomic mass is 19.1. The molecule has 1 atom stereocenters. The average Bonchev–Trinajstić information content (AvgIpc) is 2.92. The zero-order valence-electron chi connectivity index (χ0n) is 14.6. The van der Waals surface area contributed by atoms with Crippen molar-refractivity contribution in [3.05, 3.63) is 35.3 Å². The van der Waals surface area contributed by atoms with Gasteiger partial charge in [0, 0.05) is 23.6 Å². The van der Waals surface area contributed by atoms with Gasteiger partial charge in [0.15, 0.2) is 0 Å². The van der Waals surface area contributed by atoms with Crippen LogP contribution in [0, 0.1) is 18.7 Å². The van der Waals surface area contributed by atoms with Crippen molar-refractivity contribution in [2.45, 2.75) is 51.6 Å². The first-order valence-corrected chi connectivity index (χ1v) is 8.84. The summed E-state index contributed by atoms with van der Waals surface area (Å²) in [6.07, 6.45) is 3.64. The fourth-order valence-electron chi connectivity index (χ4n) is 3.60. The smallest absolute Gasteiger partial charge is 0.315 e. The third kappa shape index (κ3) is 3.95. The minimum Gasteiger partial charge on any atom is -0.459 e. The van der Waals surface area contributed by atoms with Gasteiger partial charge < -0.3 is 20.2 Å². The molecule has 0 bridgehead atoms. The molecule has 1 heterocycles. The molecule has 2 amide bonds. The van der Waals surface area contributed by atoms with E-state index in [0.29, 0.717) is 17.3 Å². The summed E-state index contributed by atoms with van der Waals surface area (Å²) in [6, 6.07) is 4.01. The van der Waals surface area contributed by atoms with Crippen molar-refractivity contribution in [2.75, 3.05) is 6.61 Å². The number of fused-ring (bicyclic) bond motifs is 1. The van der Waals surface area contributed by atoms with E-state index in [2.05, 4.69) is 10.6 Å². The molecule has 5 nitrogen and oxygen atoms in total. The summed E-state index contributed by atoms with van der Waals surface area (Å²) in [5, 5.41) is 15.8. The maximum Gasteiger partial charge on any atom is 0.315 e. The van der Waals surface area contributed by atoms with Crippen molar-refractivity contribution in [2.24, 2.45) is 5.92 Å². The molecule has 1 aliphatic carbocycles. The van der Waals surface area contributed by atoms with Crippen LogP contribution in [0.4, 0.5) is 9.18 Å². The Morgan fingerprint density at radius 1 is 1.36 bits per heavy atom. The van der Waals surface area contributed by atoms with Gasteiger partial charge in [-0.15, -0.1) is 0 Å². The lowest BCUT2D eigenvalue weighted by Crippen LogP contribution is -2.44. The van der Waals surface area contributed by atoms with Gasteiger partial charge in [-0.25, -0.2) is 9.18 Å². The summed E-state index contributed by atoms with van der Waals surface area (Å²) in [5.41, 5.74) is 1.45. The number of nitrogens with one attached hydrogen (secondary N) is 2. The highest BCUT2D eigenvalue weighted by Gasteiger charge is 2.23. The van der Waals surface area contributed by atoms with E-state index < -0.39 is 0 Å². The van der Waals surface area contributed by atoms with E-state index in [9.17, 15) is 14.3 Å². The summed E-state index contributed by atoms with van der Waals surface area (Å²) in [7, 11) is 0. The van der Waals surface area contributed by atoms with Crippen LogP contribution in [0.3, 0.4) is 0 Å². The highest BCUT2D eigenvalue weighted by Crippen LogP contribution is 2.30. The molecule has 25 heavy (non-hydrogen) atoms. The Morgan fingerprint density at radius 3 is 2.76 bits per heavy atom. The quantitative estimate of drug-likeness (QED) is 0.787. The van der Waals surface area contributed by atoms with Gasteiger partial charge in [-0.05, 0) is 63.6 Å². The van der Waals surface area contributed by atoms with E-state index in [1.165, 1.54) is 12.1 Å². The maximum atomic E-state index is 13.4. The van der Waals surface area contributed by atoms with Crippen LogP contribution in [-0.4, -0.2) is 23.8 Å². The molecule has 0 aliphatic heterocycles. The number of urea groups is 1. The van der Waals surface area contributed by atoms with Crippen LogP contribution in [-0.2, 0) is 0 Å². The second kappa shape index (κ2) is 7.44. The Labute approximate surface area is 146 Å². The number of carbonyl (C=O) groups is 1. The zero-order valence-corrected chi connectivity index (χ0v) is 14.6. The molecule has 6 heteroatoms. The number of halogens is 1. The number of aryl methyl sites for hydroxylation is 1. The molecule has 3 rings (SSSR count). The van der Waals surface area contributed by atoms with Crippen molar-refractivity contribution in [1.29, 1.82) is 0 Å². The number of hydrogen-bond acceptors (Lipinski definition) is 3. The molecule has 0 spiro atoms. The third-order valence-corrected chi connectivity index (χ3v) is 5.12. The summed E-state index contributed by atoms with van der Waals surface area (Å²) in [4.78, 5) is 12.3. The van der Waals surface area contributed by atoms with Crippen LogP contribution in [0.15, 0.2) is 22.6 Å². The van der Waals surface area contributed by atoms with Gasteiger partial charge in [0.1, 0.15) is 17.2 Å². The number of amides is 2. The van der Waals surface area contributed by atoms with E-state index in [0.717, 1.165) is 36.6 Å². The van der Waals surface area contributed by atoms with Gasteiger partial charge in [0.2, 0.25) is 0 Å². The molecular weight excluding hydrogens is 323 g/mol. The Kier molecular flexibility index (Phi) is 5.27. The normalized spacial score (nSPS) is 21.9. The molecule has 1 saturated carbocycles. The predicted molar refractivity (Wildman–Crippen MR) is 93.8 cm³/mol. The summed E-state index contributed by atoms with van der Waals surface area (Å²) in [5.74, 6) is 0.693. The molecular formula is C19H25FN2O3. The molecule has 136 valence electrons. The molecule has 1 aromatic heterocycles. The van der Waals surface area contributed by atoms with Gasteiger partial charge in [-0.3, -0.25) is 0 Å². The summed E-state index contributed by atoms with van der Waals surface area (Å²) in [6.45, 7) is 3.94. The van der Waals surface area contributed by atoms with Crippen LogP contribution in [0.2, 0.25) is 0 Å². The standard InChI is InChI=1S/C19H25FN2O3/c1-11-16-9-14(20)5-8-17(16)25-18(11)12(2)21-19(24)22-15-6-3-13(10-23)4-7-15/h5,8-9,12-13,15,23H,3-4,6-7,10H2,1-2H3,(H2,21,22,24). The van der Waals surface area contributed by atoms with Crippen molar-refractivity contribution in [3.63, 3.8) is 0 Å².